The molecule has 1 saturated heterocycles. The highest BCUT2D eigenvalue weighted by Crippen LogP contribution is 2.20. The van der Waals surface area contributed by atoms with E-state index in [0.29, 0.717) is 30.4 Å². The number of aliphatic imine (C=N–C) groups is 1. The number of likely N-dealkylation sites (tertiary alicyclic amines) is 1. The molecule has 0 bridgehead atoms. The zero-order valence-corrected chi connectivity index (χ0v) is 19.7. The highest BCUT2D eigenvalue weighted by Gasteiger charge is 2.31. The summed E-state index contributed by atoms with van der Waals surface area (Å²) in [6.45, 7) is 11.6. The zero-order valence-electron chi connectivity index (χ0n) is 17.4. The number of hydrogen-bond donors (Lipinski definition) is 2. The number of guanidine groups is 1. The van der Waals surface area contributed by atoms with Gasteiger partial charge in [-0.2, -0.15) is 0 Å². The van der Waals surface area contributed by atoms with Crippen molar-refractivity contribution in [3.63, 3.8) is 0 Å². The van der Waals surface area contributed by atoms with Crippen molar-refractivity contribution in [2.75, 3.05) is 20.1 Å². The lowest BCUT2D eigenvalue weighted by Gasteiger charge is -2.21. The number of aryl methyl sites for hydroxylation is 1. The maximum absolute atomic E-state index is 5.63. The van der Waals surface area contributed by atoms with Crippen LogP contribution in [0.4, 0.5) is 0 Å². The summed E-state index contributed by atoms with van der Waals surface area (Å²) < 4.78 is 5.63. The quantitative estimate of drug-likeness (QED) is 0.375. The van der Waals surface area contributed by atoms with Gasteiger partial charge in [-0.25, -0.2) is 4.98 Å². The van der Waals surface area contributed by atoms with Gasteiger partial charge in [-0.15, -0.1) is 24.0 Å². The number of hydrogen-bond acceptors (Lipinski definition) is 4. The first-order valence-electron chi connectivity index (χ1n) is 9.69. The molecular formula is C21H32IN5O. The topological polar surface area (TPSA) is 65.7 Å². The Labute approximate surface area is 185 Å². The molecule has 0 amide bonds. The number of nitrogens with one attached hydrogen (secondary N) is 2. The van der Waals surface area contributed by atoms with Gasteiger partial charge in [-0.1, -0.05) is 24.6 Å². The van der Waals surface area contributed by atoms with E-state index in [9.17, 15) is 0 Å². The van der Waals surface area contributed by atoms with Crippen molar-refractivity contribution in [3.05, 3.63) is 41.8 Å². The van der Waals surface area contributed by atoms with E-state index in [1.807, 2.05) is 12.1 Å². The van der Waals surface area contributed by atoms with E-state index in [4.69, 9.17) is 4.42 Å². The van der Waals surface area contributed by atoms with Gasteiger partial charge in [0, 0.05) is 37.8 Å². The monoisotopic (exact) mass is 497 g/mol. The first kappa shape index (κ1) is 22.7. The molecule has 1 aromatic carbocycles. The fourth-order valence-electron chi connectivity index (χ4n) is 3.38. The largest absolute Gasteiger partial charge is 0.444 e. The summed E-state index contributed by atoms with van der Waals surface area (Å²) in [4.78, 5) is 11.4. The predicted molar refractivity (Wildman–Crippen MR) is 125 cm³/mol. The number of aromatic nitrogens is 1. The summed E-state index contributed by atoms with van der Waals surface area (Å²) in [5, 5.41) is 6.90. The Kier molecular flexibility index (Phi) is 8.30. The smallest absolute Gasteiger partial charge is 0.226 e. The Morgan fingerprint density at radius 3 is 2.61 bits per heavy atom. The molecule has 2 N–H and O–H groups in total. The lowest BCUT2D eigenvalue weighted by molar-refractivity contribution is 0.265. The molecule has 1 fully saturated rings. The second kappa shape index (κ2) is 10.2. The van der Waals surface area contributed by atoms with Crippen LogP contribution >= 0.6 is 24.0 Å². The molecule has 154 valence electrons. The van der Waals surface area contributed by atoms with Gasteiger partial charge in [-0.3, -0.25) is 9.89 Å². The molecule has 2 unspecified atom stereocenters. The van der Waals surface area contributed by atoms with Gasteiger partial charge in [0.2, 0.25) is 5.89 Å². The molecule has 0 aliphatic carbocycles. The van der Waals surface area contributed by atoms with E-state index >= 15 is 0 Å². The zero-order chi connectivity index (χ0) is 19.4. The van der Waals surface area contributed by atoms with Crippen LogP contribution in [0.1, 0.15) is 32.0 Å². The van der Waals surface area contributed by atoms with Crippen LogP contribution in [0.25, 0.3) is 11.5 Å². The molecule has 6 nitrogen and oxygen atoms in total. The lowest BCUT2D eigenvalue weighted by atomic mass is 10.1. The Morgan fingerprint density at radius 1 is 1.29 bits per heavy atom. The second-order valence-electron chi connectivity index (χ2n) is 7.71. The standard InChI is InChI=1S/C21H31N5O.HI/c1-14(2)26-11-16(4)19(12-26)25-21(22-5)23-10-18-13-27-20(24-18)17-8-6-15(3)7-9-17;/h6-9,13-14,16,19H,10-12H2,1-5H3,(H2,22,23,25);1H. The third-order valence-corrected chi connectivity index (χ3v) is 5.20. The summed E-state index contributed by atoms with van der Waals surface area (Å²) in [6, 6.07) is 9.16. The third kappa shape index (κ3) is 5.70. The fraction of sp³-hybridized carbons (Fsp3) is 0.524. The van der Waals surface area contributed by atoms with E-state index in [-0.39, 0.29) is 24.0 Å². The molecule has 0 spiro atoms. The number of nitrogens with zero attached hydrogens (tertiary/aromatic N) is 3. The Bertz CT molecular complexity index is 771. The molecule has 1 aliphatic heterocycles. The summed E-state index contributed by atoms with van der Waals surface area (Å²) >= 11 is 0. The fourth-order valence-corrected chi connectivity index (χ4v) is 3.38. The summed E-state index contributed by atoms with van der Waals surface area (Å²) in [5.41, 5.74) is 3.07. The van der Waals surface area contributed by atoms with Crippen molar-refractivity contribution in [3.8, 4) is 11.5 Å². The van der Waals surface area contributed by atoms with Gasteiger partial charge < -0.3 is 15.1 Å². The molecule has 3 rings (SSSR count). The van der Waals surface area contributed by atoms with Crippen LogP contribution in [0.15, 0.2) is 39.9 Å². The third-order valence-electron chi connectivity index (χ3n) is 5.20. The molecule has 0 saturated carbocycles. The minimum absolute atomic E-state index is 0. The molecule has 28 heavy (non-hydrogen) atoms. The normalized spacial score (nSPS) is 20.3. The van der Waals surface area contributed by atoms with Crippen molar-refractivity contribution in [2.45, 2.75) is 46.3 Å². The SMILES string of the molecule is CN=C(NCc1coc(-c2ccc(C)cc2)n1)NC1CN(C(C)C)CC1C.I. The van der Waals surface area contributed by atoms with E-state index in [0.717, 1.165) is 30.3 Å². The Morgan fingerprint density at radius 2 is 2.00 bits per heavy atom. The maximum atomic E-state index is 5.63. The molecular weight excluding hydrogens is 465 g/mol. The number of oxazole rings is 1. The highest BCUT2D eigenvalue weighted by molar-refractivity contribution is 14.0. The summed E-state index contributed by atoms with van der Waals surface area (Å²) in [5.74, 6) is 2.04. The molecule has 2 aromatic rings. The predicted octanol–water partition coefficient (Wildman–Crippen LogP) is 3.66. The van der Waals surface area contributed by atoms with Crippen LogP contribution in [0.3, 0.4) is 0 Å². The Balaban J connectivity index is 0.00000280. The lowest BCUT2D eigenvalue weighted by Crippen LogP contribution is -2.46. The molecule has 2 heterocycles. The molecule has 1 aromatic heterocycles. The van der Waals surface area contributed by atoms with E-state index in [1.165, 1.54) is 5.56 Å². The average molecular weight is 497 g/mol. The van der Waals surface area contributed by atoms with Crippen LogP contribution in [0.5, 0.6) is 0 Å². The molecule has 7 heteroatoms. The van der Waals surface area contributed by atoms with Crippen molar-refractivity contribution in [2.24, 2.45) is 10.9 Å². The number of benzene rings is 1. The molecule has 1 aliphatic rings. The van der Waals surface area contributed by atoms with Gasteiger partial charge in [0.05, 0.1) is 12.2 Å². The minimum Gasteiger partial charge on any atom is -0.444 e. The van der Waals surface area contributed by atoms with E-state index < -0.39 is 0 Å². The van der Waals surface area contributed by atoms with Crippen LogP contribution in [0, 0.1) is 12.8 Å². The van der Waals surface area contributed by atoms with Crippen LogP contribution in [-0.2, 0) is 6.54 Å². The Hall–Kier alpha value is -1.61. The number of rotatable bonds is 5. The molecule has 0 radical (unpaired) electrons. The van der Waals surface area contributed by atoms with Crippen molar-refractivity contribution >= 4 is 29.9 Å². The van der Waals surface area contributed by atoms with Crippen LogP contribution < -0.4 is 10.6 Å². The average Bonchev–Trinajstić information content (AvgIpc) is 3.26. The van der Waals surface area contributed by atoms with Gasteiger partial charge in [0.25, 0.3) is 0 Å². The van der Waals surface area contributed by atoms with Crippen molar-refractivity contribution in [1.29, 1.82) is 0 Å². The second-order valence-corrected chi connectivity index (χ2v) is 7.71. The maximum Gasteiger partial charge on any atom is 0.226 e. The minimum atomic E-state index is 0. The summed E-state index contributed by atoms with van der Waals surface area (Å²) in [6.07, 6.45) is 1.70. The first-order valence-corrected chi connectivity index (χ1v) is 9.69. The van der Waals surface area contributed by atoms with E-state index in [1.54, 1.807) is 13.3 Å². The van der Waals surface area contributed by atoms with Gasteiger partial charge in [-0.05, 0) is 38.8 Å². The van der Waals surface area contributed by atoms with Crippen molar-refractivity contribution in [1.82, 2.24) is 20.5 Å². The van der Waals surface area contributed by atoms with Crippen molar-refractivity contribution < 1.29 is 4.42 Å². The highest BCUT2D eigenvalue weighted by atomic mass is 127. The number of halogens is 1. The van der Waals surface area contributed by atoms with E-state index in [2.05, 4.69) is 65.3 Å². The van der Waals surface area contributed by atoms with Gasteiger partial charge >= 0.3 is 0 Å². The van der Waals surface area contributed by atoms with Crippen LogP contribution in [-0.4, -0.2) is 48.1 Å². The molecule has 2 atom stereocenters. The van der Waals surface area contributed by atoms with Gasteiger partial charge in [0.1, 0.15) is 6.26 Å². The van der Waals surface area contributed by atoms with Crippen LogP contribution in [0.2, 0.25) is 0 Å². The van der Waals surface area contributed by atoms with Gasteiger partial charge in [0.15, 0.2) is 5.96 Å². The summed E-state index contributed by atoms with van der Waals surface area (Å²) in [7, 11) is 1.80. The first-order chi connectivity index (χ1) is 13.0.